The summed E-state index contributed by atoms with van der Waals surface area (Å²) in [5, 5.41) is 0. The predicted octanol–water partition coefficient (Wildman–Crippen LogP) is 2.50. The molecule has 0 saturated heterocycles. The predicted molar refractivity (Wildman–Crippen MR) is 72.6 cm³/mol. The molecule has 0 aliphatic carbocycles. The summed E-state index contributed by atoms with van der Waals surface area (Å²) < 4.78 is 17.6. The fourth-order valence-corrected chi connectivity index (χ4v) is 2.56. The van der Waals surface area contributed by atoms with E-state index in [2.05, 4.69) is 0 Å². The Morgan fingerprint density at radius 3 is 2.59 bits per heavy atom. The number of nitrogens with two attached hydrogens (primary N) is 1. The van der Waals surface area contributed by atoms with Gasteiger partial charge in [0, 0.05) is 10.6 Å². The number of hydrogen-bond donors (Lipinski definition) is 1. The highest BCUT2D eigenvalue weighted by atomic mass is 32.2. The van der Waals surface area contributed by atoms with Crippen LogP contribution in [0.5, 0.6) is 0 Å². The minimum absolute atomic E-state index is 0.186. The first kappa shape index (κ1) is 14.2. The van der Waals surface area contributed by atoms with E-state index < -0.39 is 10.8 Å². The van der Waals surface area contributed by atoms with Crippen molar-refractivity contribution in [1.82, 2.24) is 0 Å². The molecule has 1 rings (SSSR count). The molecule has 0 radical (unpaired) electrons. The number of hydrogen-bond acceptors (Lipinski definition) is 3. The molecule has 1 aromatic carbocycles. The molecule has 0 amide bonds. The van der Waals surface area contributed by atoms with Crippen molar-refractivity contribution in [3.8, 4) is 0 Å². The number of anilines is 1. The zero-order valence-electron chi connectivity index (χ0n) is 10.9. The maximum Gasteiger partial charge on any atom is 0.0598 e. The quantitative estimate of drug-likeness (QED) is 0.841. The van der Waals surface area contributed by atoms with Gasteiger partial charge in [0.1, 0.15) is 0 Å². The summed E-state index contributed by atoms with van der Waals surface area (Å²) >= 11 is 0. The zero-order chi connectivity index (χ0) is 13.1. The monoisotopic (exact) mass is 255 g/mol. The molecule has 0 aliphatic rings. The molecule has 1 aromatic rings. The first-order valence-corrected chi connectivity index (χ1v) is 7.00. The van der Waals surface area contributed by atoms with Gasteiger partial charge in [0.2, 0.25) is 0 Å². The van der Waals surface area contributed by atoms with Crippen molar-refractivity contribution in [2.45, 2.75) is 38.2 Å². The number of rotatable bonds is 4. The Labute approximate surface area is 106 Å². The second-order valence-electron chi connectivity index (χ2n) is 4.98. The van der Waals surface area contributed by atoms with Gasteiger partial charge in [-0.2, -0.15) is 0 Å². The highest BCUT2D eigenvalue weighted by Crippen LogP contribution is 2.19. The third kappa shape index (κ3) is 4.48. The molecule has 0 saturated carbocycles. The first-order chi connectivity index (χ1) is 7.81. The molecule has 4 heteroatoms. The summed E-state index contributed by atoms with van der Waals surface area (Å²) in [6, 6.07) is 5.51. The van der Waals surface area contributed by atoms with E-state index in [4.69, 9.17) is 10.5 Å². The van der Waals surface area contributed by atoms with Crippen LogP contribution in [0, 0.1) is 6.92 Å². The van der Waals surface area contributed by atoms with Crippen LogP contribution in [-0.2, 0) is 15.5 Å². The van der Waals surface area contributed by atoms with E-state index in [0.717, 1.165) is 10.5 Å². The minimum Gasteiger partial charge on any atom is -0.398 e. The van der Waals surface area contributed by atoms with E-state index in [0.29, 0.717) is 18.0 Å². The summed E-state index contributed by atoms with van der Waals surface area (Å²) in [4.78, 5) is 0.808. The van der Waals surface area contributed by atoms with E-state index in [9.17, 15) is 4.21 Å². The molecular formula is C13H21NO2S. The Bertz CT molecular complexity index is 410. The van der Waals surface area contributed by atoms with Crippen molar-refractivity contribution in [2.24, 2.45) is 0 Å². The van der Waals surface area contributed by atoms with Gasteiger partial charge >= 0.3 is 0 Å². The van der Waals surface area contributed by atoms with Gasteiger partial charge < -0.3 is 10.5 Å². The van der Waals surface area contributed by atoms with Crippen LogP contribution < -0.4 is 5.73 Å². The summed E-state index contributed by atoms with van der Waals surface area (Å²) in [7, 11) is -1.04. The van der Waals surface area contributed by atoms with Gasteiger partial charge in [-0.05, 0) is 45.4 Å². The van der Waals surface area contributed by atoms with E-state index in [1.165, 1.54) is 0 Å². The molecule has 0 spiro atoms. The van der Waals surface area contributed by atoms with Gasteiger partial charge in [0.05, 0.1) is 28.8 Å². The van der Waals surface area contributed by atoms with Crippen LogP contribution in [0.4, 0.5) is 5.69 Å². The SMILES string of the molecule is Cc1c(N)cccc1S(=O)CCOC(C)(C)C. The molecule has 0 fully saturated rings. The number of nitrogen functional groups attached to an aromatic ring is 1. The standard InChI is InChI=1S/C13H21NO2S/c1-10-11(14)6-5-7-12(10)17(15)9-8-16-13(2,3)4/h5-7H,8-9,14H2,1-4H3. The lowest BCUT2D eigenvalue weighted by molar-refractivity contribution is 0.00669. The smallest absolute Gasteiger partial charge is 0.0598 e. The van der Waals surface area contributed by atoms with Crippen LogP contribution in [0.2, 0.25) is 0 Å². The minimum atomic E-state index is -1.04. The fourth-order valence-electron chi connectivity index (χ4n) is 1.41. The number of benzene rings is 1. The molecular weight excluding hydrogens is 234 g/mol. The Balaban J connectivity index is 2.62. The molecule has 0 heterocycles. The van der Waals surface area contributed by atoms with Gasteiger partial charge in [-0.15, -0.1) is 0 Å². The van der Waals surface area contributed by atoms with Crippen LogP contribution in [0.3, 0.4) is 0 Å². The average molecular weight is 255 g/mol. The molecule has 96 valence electrons. The molecule has 2 N–H and O–H groups in total. The maximum absolute atomic E-state index is 12.1. The highest BCUT2D eigenvalue weighted by molar-refractivity contribution is 7.85. The Morgan fingerprint density at radius 2 is 2.00 bits per heavy atom. The van der Waals surface area contributed by atoms with Crippen LogP contribution >= 0.6 is 0 Å². The Kier molecular flexibility index (Phi) is 4.71. The largest absolute Gasteiger partial charge is 0.398 e. The molecule has 0 aromatic heterocycles. The third-order valence-electron chi connectivity index (χ3n) is 2.38. The second kappa shape index (κ2) is 5.65. The second-order valence-corrected chi connectivity index (χ2v) is 6.52. The molecule has 3 nitrogen and oxygen atoms in total. The van der Waals surface area contributed by atoms with Gasteiger partial charge in [0.25, 0.3) is 0 Å². The van der Waals surface area contributed by atoms with Crippen molar-refractivity contribution in [1.29, 1.82) is 0 Å². The third-order valence-corrected chi connectivity index (χ3v) is 3.85. The summed E-state index contributed by atoms with van der Waals surface area (Å²) in [5.41, 5.74) is 7.20. The normalized spacial score (nSPS) is 13.6. The lowest BCUT2D eigenvalue weighted by atomic mass is 10.2. The summed E-state index contributed by atoms with van der Waals surface area (Å²) in [5.74, 6) is 0.502. The van der Waals surface area contributed by atoms with Crippen molar-refractivity contribution >= 4 is 16.5 Å². The Hall–Kier alpha value is -0.870. The molecule has 17 heavy (non-hydrogen) atoms. The molecule has 0 bridgehead atoms. The van der Waals surface area contributed by atoms with Crippen molar-refractivity contribution < 1.29 is 8.95 Å². The van der Waals surface area contributed by atoms with Crippen LogP contribution in [0.15, 0.2) is 23.1 Å². The molecule has 1 atom stereocenters. The highest BCUT2D eigenvalue weighted by Gasteiger charge is 2.13. The fraction of sp³-hybridized carbons (Fsp3) is 0.538. The van der Waals surface area contributed by atoms with Crippen molar-refractivity contribution in [3.05, 3.63) is 23.8 Å². The van der Waals surface area contributed by atoms with E-state index >= 15 is 0 Å². The zero-order valence-corrected chi connectivity index (χ0v) is 11.8. The van der Waals surface area contributed by atoms with Gasteiger partial charge in [-0.1, -0.05) is 6.07 Å². The van der Waals surface area contributed by atoms with Gasteiger partial charge in [-0.3, -0.25) is 4.21 Å². The van der Waals surface area contributed by atoms with E-state index in [1.54, 1.807) is 0 Å². The molecule has 0 aliphatic heterocycles. The summed E-state index contributed by atoms with van der Waals surface area (Å²) in [6.07, 6.45) is 0. The van der Waals surface area contributed by atoms with Gasteiger partial charge in [0.15, 0.2) is 0 Å². The van der Waals surface area contributed by atoms with Gasteiger partial charge in [-0.25, -0.2) is 0 Å². The summed E-state index contributed by atoms with van der Waals surface area (Å²) in [6.45, 7) is 8.35. The van der Waals surface area contributed by atoms with E-state index in [-0.39, 0.29) is 5.60 Å². The molecule has 1 unspecified atom stereocenters. The van der Waals surface area contributed by atoms with Crippen LogP contribution in [-0.4, -0.2) is 22.2 Å². The van der Waals surface area contributed by atoms with Crippen LogP contribution in [0.1, 0.15) is 26.3 Å². The topological polar surface area (TPSA) is 52.3 Å². The first-order valence-electron chi connectivity index (χ1n) is 5.68. The van der Waals surface area contributed by atoms with Crippen LogP contribution in [0.25, 0.3) is 0 Å². The van der Waals surface area contributed by atoms with Crippen molar-refractivity contribution in [3.63, 3.8) is 0 Å². The maximum atomic E-state index is 12.1. The number of ether oxygens (including phenoxy) is 1. The Morgan fingerprint density at radius 1 is 1.35 bits per heavy atom. The van der Waals surface area contributed by atoms with E-state index in [1.807, 2.05) is 45.9 Å². The average Bonchev–Trinajstić information content (AvgIpc) is 2.20. The lowest BCUT2D eigenvalue weighted by Gasteiger charge is -2.19. The van der Waals surface area contributed by atoms with Crippen molar-refractivity contribution in [2.75, 3.05) is 18.1 Å². The lowest BCUT2D eigenvalue weighted by Crippen LogP contribution is -2.22.